The summed E-state index contributed by atoms with van der Waals surface area (Å²) in [5.74, 6) is 0.0271. The fourth-order valence-corrected chi connectivity index (χ4v) is 1.47. The SMILES string of the molecule is CCC(=O)Nc1cccc2cnccc12. The second kappa shape index (κ2) is 4.09. The molecule has 2 rings (SSSR count). The summed E-state index contributed by atoms with van der Waals surface area (Å²) < 4.78 is 0. The van der Waals surface area contributed by atoms with Crippen molar-refractivity contribution < 1.29 is 4.79 Å². The van der Waals surface area contributed by atoms with Crippen molar-refractivity contribution in [2.75, 3.05) is 5.32 Å². The summed E-state index contributed by atoms with van der Waals surface area (Å²) in [6.45, 7) is 1.84. The quantitative estimate of drug-likeness (QED) is 0.809. The molecule has 76 valence electrons. The highest BCUT2D eigenvalue weighted by Gasteiger charge is 2.02. The number of aromatic nitrogens is 1. The van der Waals surface area contributed by atoms with Gasteiger partial charge >= 0.3 is 0 Å². The average Bonchev–Trinajstić information content (AvgIpc) is 2.29. The summed E-state index contributed by atoms with van der Waals surface area (Å²) in [6, 6.07) is 7.69. The topological polar surface area (TPSA) is 42.0 Å². The van der Waals surface area contributed by atoms with Crippen LogP contribution in [0.15, 0.2) is 36.7 Å². The Morgan fingerprint density at radius 2 is 2.27 bits per heavy atom. The predicted octanol–water partition coefficient (Wildman–Crippen LogP) is 2.58. The molecule has 0 unspecified atom stereocenters. The molecule has 0 saturated carbocycles. The Morgan fingerprint density at radius 1 is 1.40 bits per heavy atom. The molecule has 1 N–H and O–H groups in total. The van der Waals surface area contributed by atoms with Crippen molar-refractivity contribution in [2.45, 2.75) is 13.3 Å². The lowest BCUT2D eigenvalue weighted by atomic mass is 10.1. The number of fused-ring (bicyclic) bond motifs is 1. The van der Waals surface area contributed by atoms with Crippen molar-refractivity contribution >= 4 is 22.4 Å². The summed E-state index contributed by atoms with van der Waals surface area (Å²) in [5, 5.41) is 4.92. The minimum Gasteiger partial charge on any atom is -0.326 e. The van der Waals surface area contributed by atoms with Crippen LogP contribution >= 0.6 is 0 Å². The van der Waals surface area contributed by atoms with E-state index < -0.39 is 0 Å². The molecule has 0 aliphatic heterocycles. The van der Waals surface area contributed by atoms with Crippen LogP contribution in [0.3, 0.4) is 0 Å². The van der Waals surface area contributed by atoms with Gasteiger partial charge in [0.15, 0.2) is 0 Å². The van der Waals surface area contributed by atoms with Gasteiger partial charge < -0.3 is 5.32 Å². The number of benzene rings is 1. The molecular formula is C12H12N2O. The van der Waals surface area contributed by atoms with E-state index in [1.54, 1.807) is 12.4 Å². The number of anilines is 1. The molecule has 1 heterocycles. The number of amides is 1. The van der Waals surface area contributed by atoms with Gasteiger partial charge in [-0.1, -0.05) is 19.1 Å². The van der Waals surface area contributed by atoms with Gasteiger partial charge in [0.25, 0.3) is 0 Å². The highest BCUT2D eigenvalue weighted by Crippen LogP contribution is 2.21. The number of rotatable bonds is 2. The smallest absolute Gasteiger partial charge is 0.224 e. The Kier molecular flexibility index (Phi) is 2.63. The van der Waals surface area contributed by atoms with E-state index >= 15 is 0 Å². The number of carbonyl (C=O) groups excluding carboxylic acids is 1. The molecule has 3 heteroatoms. The average molecular weight is 200 g/mol. The minimum absolute atomic E-state index is 0.0271. The predicted molar refractivity (Wildman–Crippen MR) is 60.7 cm³/mol. The molecule has 0 bridgehead atoms. The van der Waals surface area contributed by atoms with E-state index in [-0.39, 0.29) is 5.91 Å². The zero-order valence-corrected chi connectivity index (χ0v) is 8.53. The molecule has 15 heavy (non-hydrogen) atoms. The van der Waals surface area contributed by atoms with Crippen LogP contribution in [0.2, 0.25) is 0 Å². The second-order valence-corrected chi connectivity index (χ2v) is 3.30. The maximum atomic E-state index is 11.3. The highest BCUT2D eigenvalue weighted by atomic mass is 16.1. The molecular weight excluding hydrogens is 188 g/mol. The maximum Gasteiger partial charge on any atom is 0.224 e. The number of nitrogens with one attached hydrogen (secondary N) is 1. The Balaban J connectivity index is 2.46. The van der Waals surface area contributed by atoms with Crippen molar-refractivity contribution in [2.24, 2.45) is 0 Å². The third kappa shape index (κ3) is 1.96. The summed E-state index contributed by atoms with van der Waals surface area (Å²) in [4.78, 5) is 15.3. The fourth-order valence-electron chi connectivity index (χ4n) is 1.47. The van der Waals surface area contributed by atoms with E-state index in [0.717, 1.165) is 16.5 Å². The Labute approximate surface area is 88.1 Å². The lowest BCUT2D eigenvalue weighted by Gasteiger charge is -2.06. The van der Waals surface area contributed by atoms with Crippen molar-refractivity contribution in [1.29, 1.82) is 0 Å². The highest BCUT2D eigenvalue weighted by molar-refractivity contribution is 6.01. The van der Waals surface area contributed by atoms with E-state index in [4.69, 9.17) is 0 Å². The molecule has 1 aromatic carbocycles. The van der Waals surface area contributed by atoms with Crippen molar-refractivity contribution in [1.82, 2.24) is 4.98 Å². The molecule has 2 aromatic rings. The molecule has 0 fully saturated rings. The van der Waals surface area contributed by atoms with E-state index in [2.05, 4.69) is 10.3 Å². The van der Waals surface area contributed by atoms with Crippen LogP contribution in [0.4, 0.5) is 5.69 Å². The third-order valence-corrected chi connectivity index (χ3v) is 2.28. The van der Waals surface area contributed by atoms with Gasteiger partial charge in [-0.15, -0.1) is 0 Å². The van der Waals surface area contributed by atoms with Crippen molar-refractivity contribution in [3.63, 3.8) is 0 Å². The first-order chi connectivity index (χ1) is 7.31. The van der Waals surface area contributed by atoms with Crippen LogP contribution in [0.25, 0.3) is 10.8 Å². The number of hydrogen-bond donors (Lipinski definition) is 1. The van der Waals surface area contributed by atoms with Gasteiger partial charge in [-0.2, -0.15) is 0 Å². The molecule has 0 radical (unpaired) electrons. The number of pyridine rings is 1. The van der Waals surface area contributed by atoms with Gasteiger partial charge in [-0.25, -0.2) is 0 Å². The largest absolute Gasteiger partial charge is 0.326 e. The third-order valence-electron chi connectivity index (χ3n) is 2.28. The van der Waals surface area contributed by atoms with Crippen LogP contribution in [-0.4, -0.2) is 10.9 Å². The van der Waals surface area contributed by atoms with Crippen LogP contribution in [0.5, 0.6) is 0 Å². The van der Waals surface area contributed by atoms with Crippen LogP contribution in [0, 0.1) is 0 Å². The van der Waals surface area contributed by atoms with Gasteiger partial charge in [0.05, 0.1) is 0 Å². The molecule has 3 nitrogen and oxygen atoms in total. The maximum absolute atomic E-state index is 11.3. The summed E-state index contributed by atoms with van der Waals surface area (Å²) >= 11 is 0. The second-order valence-electron chi connectivity index (χ2n) is 3.30. The first kappa shape index (κ1) is 9.65. The number of nitrogens with zero attached hydrogens (tertiary/aromatic N) is 1. The first-order valence-electron chi connectivity index (χ1n) is 4.94. The summed E-state index contributed by atoms with van der Waals surface area (Å²) in [6.07, 6.45) is 4.00. The summed E-state index contributed by atoms with van der Waals surface area (Å²) in [7, 11) is 0. The van der Waals surface area contributed by atoms with Gasteiger partial charge in [-0.3, -0.25) is 9.78 Å². The standard InChI is InChI=1S/C12H12N2O/c1-2-12(15)14-11-5-3-4-9-8-13-7-6-10(9)11/h3-8H,2H2,1H3,(H,14,15). The molecule has 0 saturated heterocycles. The molecule has 0 aliphatic rings. The zero-order valence-electron chi connectivity index (χ0n) is 8.53. The molecule has 1 amide bonds. The van der Waals surface area contributed by atoms with Crippen molar-refractivity contribution in [3.05, 3.63) is 36.7 Å². The monoisotopic (exact) mass is 200 g/mol. The van der Waals surface area contributed by atoms with Crippen LogP contribution in [-0.2, 0) is 4.79 Å². The molecule has 0 atom stereocenters. The minimum atomic E-state index is 0.0271. The van der Waals surface area contributed by atoms with Crippen LogP contribution in [0.1, 0.15) is 13.3 Å². The molecule has 0 aliphatic carbocycles. The van der Waals surface area contributed by atoms with Gasteiger partial charge in [-0.05, 0) is 12.1 Å². The van der Waals surface area contributed by atoms with Gasteiger partial charge in [0, 0.05) is 35.3 Å². The van der Waals surface area contributed by atoms with Gasteiger partial charge in [0.1, 0.15) is 0 Å². The lowest BCUT2D eigenvalue weighted by molar-refractivity contribution is -0.115. The Bertz CT molecular complexity index is 488. The Hall–Kier alpha value is -1.90. The molecule has 1 aromatic heterocycles. The lowest BCUT2D eigenvalue weighted by Crippen LogP contribution is -2.09. The van der Waals surface area contributed by atoms with Crippen molar-refractivity contribution in [3.8, 4) is 0 Å². The van der Waals surface area contributed by atoms with E-state index in [9.17, 15) is 4.79 Å². The van der Waals surface area contributed by atoms with Crippen LogP contribution < -0.4 is 5.32 Å². The Morgan fingerprint density at radius 3 is 3.07 bits per heavy atom. The van der Waals surface area contributed by atoms with Gasteiger partial charge in [0.2, 0.25) is 5.91 Å². The van der Waals surface area contributed by atoms with E-state index in [1.807, 2.05) is 31.2 Å². The fraction of sp³-hybridized carbons (Fsp3) is 0.167. The normalized spacial score (nSPS) is 10.2. The van der Waals surface area contributed by atoms with E-state index in [0.29, 0.717) is 6.42 Å². The first-order valence-corrected chi connectivity index (χ1v) is 4.94. The van der Waals surface area contributed by atoms with E-state index in [1.165, 1.54) is 0 Å². The number of hydrogen-bond acceptors (Lipinski definition) is 2. The zero-order chi connectivity index (χ0) is 10.7. The summed E-state index contributed by atoms with van der Waals surface area (Å²) in [5.41, 5.74) is 0.849. The molecule has 0 spiro atoms. The number of carbonyl (C=O) groups is 1.